The van der Waals surface area contributed by atoms with E-state index in [0.29, 0.717) is 38.1 Å². The average molecular weight is 243 g/mol. The van der Waals surface area contributed by atoms with Crippen LogP contribution in [0.5, 0.6) is 0 Å². The highest BCUT2D eigenvalue weighted by Gasteiger charge is 2.04. The maximum absolute atomic E-state index is 8.78. The quantitative estimate of drug-likeness (QED) is 0.291. The first-order valence-electron chi connectivity index (χ1n) is 5.13. The third-order valence-electron chi connectivity index (χ3n) is 1.75. The molecule has 0 amide bonds. The summed E-state index contributed by atoms with van der Waals surface area (Å²) in [6.45, 7) is 2.08. The van der Waals surface area contributed by atoms with E-state index >= 15 is 0 Å². The van der Waals surface area contributed by atoms with Crippen molar-refractivity contribution in [2.24, 2.45) is 5.73 Å². The van der Waals surface area contributed by atoms with Crippen LogP contribution in [0.2, 0.25) is 0 Å². The Bertz CT molecular complexity index is 336. The minimum Gasteiger partial charge on any atom is -0.383 e. The molecule has 0 aromatic carbocycles. The van der Waals surface area contributed by atoms with E-state index in [4.69, 9.17) is 15.7 Å². The molecule has 1 aromatic heterocycles. The maximum Gasteiger partial charge on any atom is 0.253 e. The number of aromatic nitrogens is 3. The Morgan fingerprint density at radius 3 is 2.24 bits per heavy atom. The van der Waals surface area contributed by atoms with Crippen LogP contribution in [0.1, 0.15) is 0 Å². The molecule has 17 heavy (non-hydrogen) atoms. The number of ether oxygens (including phenoxy) is 1. The largest absolute Gasteiger partial charge is 0.383 e. The molecule has 96 valence electrons. The summed E-state index contributed by atoms with van der Waals surface area (Å²) in [5, 5.41) is 14.6. The molecule has 1 rings (SSSR count). The molecule has 0 bridgehead atoms. The zero-order valence-electron chi connectivity index (χ0n) is 9.60. The normalized spacial score (nSPS) is 10.1. The third kappa shape index (κ3) is 4.76. The predicted molar refractivity (Wildman–Crippen MR) is 63.1 cm³/mol. The highest BCUT2D eigenvalue weighted by molar-refractivity contribution is 5.40. The second-order valence-corrected chi connectivity index (χ2v) is 3.05. The van der Waals surface area contributed by atoms with Crippen molar-refractivity contribution in [1.82, 2.24) is 15.0 Å². The van der Waals surface area contributed by atoms with Crippen LogP contribution >= 0.6 is 0 Å². The fourth-order valence-electron chi connectivity index (χ4n) is 1.03. The zero-order valence-corrected chi connectivity index (χ0v) is 9.60. The molecule has 0 saturated carbocycles. The zero-order chi connectivity index (χ0) is 12.5. The Morgan fingerprint density at radius 2 is 1.71 bits per heavy atom. The van der Waals surface area contributed by atoms with Crippen molar-refractivity contribution in [2.45, 2.75) is 0 Å². The molecular formula is C8H17N7O2. The minimum absolute atomic E-state index is 0.0550. The van der Waals surface area contributed by atoms with Crippen molar-refractivity contribution < 1.29 is 9.94 Å². The van der Waals surface area contributed by atoms with Gasteiger partial charge < -0.3 is 21.1 Å². The van der Waals surface area contributed by atoms with E-state index < -0.39 is 0 Å². The van der Waals surface area contributed by atoms with Crippen molar-refractivity contribution in [3.63, 3.8) is 0 Å². The van der Waals surface area contributed by atoms with Gasteiger partial charge in [0.2, 0.25) is 11.9 Å². The number of methoxy groups -OCH3 is 1. The summed E-state index contributed by atoms with van der Waals surface area (Å²) in [5.74, 6) is 0.731. The van der Waals surface area contributed by atoms with Gasteiger partial charge in [-0.2, -0.15) is 15.0 Å². The smallest absolute Gasteiger partial charge is 0.253 e. The molecule has 0 atom stereocenters. The van der Waals surface area contributed by atoms with Crippen molar-refractivity contribution in [1.29, 1.82) is 0 Å². The lowest BCUT2D eigenvalue weighted by Gasteiger charge is -2.08. The summed E-state index contributed by atoms with van der Waals surface area (Å²) in [7, 11) is 1.60. The molecule has 1 heterocycles. The standard InChI is InChI=1S/C8H17N7O2/c1-17-5-4-11-7-12-6(10-3-2-9)13-8(14-7)15-16/h16H,2-5,9H2,1H3,(H3,10,11,12,13,14,15). The topological polar surface area (TPSA) is 130 Å². The van der Waals surface area contributed by atoms with Gasteiger partial charge in [0.1, 0.15) is 0 Å². The number of nitrogens with two attached hydrogens (primary N) is 1. The lowest BCUT2D eigenvalue weighted by molar-refractivity contribution is 0.210. The fourth-order valence-corrected chi connectivity index (χ4v) is 1.03. The molecule has 0 aliphatic rings. The molecule has 0 unspecified atom stereocenters. The molecule has 6 N–H and O–H groups in total. The average Bonchev–Trinajstić information content (AvgIpc) is 2.36. The lowest BCUT2D eigenvalue weighted by atomic mass is 10.6. The monoisotopic (exact) mass is 243 g/mol. The summed E-state index contributed by atoms with van der Waals surface area (Å²) in [5.41, 5.74) is 7.22. The predicted octanol–water partition coefficient (Wildman–Crippen LogP) is -0.898. The van der Waals surface area contributed by atoms with Crippen LogP contribution in [0.15, 0.2) is 0 Å². The Kier molecular flexibility index (Phi) is 5.93. The molecule has 9 heteroatoms. The van der Waals surface area contributed by atoms with E-state index in [-0.39, 0.29) is 5.95 Å². The number of nitrogens with zero attached hydrogens (tertiary/aromatic N) is 3. The highest BCUT2D eigenvalue weighted by Crippen LogP contribution is 2.07. The van der Waals surface area contributed by atoms with E-state index in [9.17, 15) is 0 Å². The van der Waals surface area contributed by atoms with Gasteiger partial charge >= 0.3 is 0 Å². The van der Waals surface area contributed by atoms with Gasteiger partial charge in [0.15, 0.2) is 0 Å². The van der Waals surface area contributed by atoms with Crippen LogP contribution in [0.4, 0.5) is 17.8 Å². The Hall–Kier alpha value is -1.71. The van der Waals surface area contributed by atoms with Gasteiger partial charge in [-0.15, -0.1) is 0 Å². The number of rotatable bonds is 8. The molecule has 0 spiro atoms. The molecular weight excluding hydrogens is 226 g/mol. The second kappa shape index (κ2) is 7.54. The second-order valence-electron chi connectivity index (χ2n) is 3.05. The molecule has 0 aliphatic heterocycles. The summed E-state index contributed by atoms with van der Waals surface area (Å²) in [4.78, 5) is 11.9. The first kappa shape index (κ1) is 13.4. The lowest BCUT2D eigenvalue weighted by Crippen LogP contribution is -2.17. The molecule has 0 saturated heterocycles. The Balaban J connectivity index is 2.67. The van der Waals surface area contributed by atoms with Crippen LogP contribution in [0.3, 0.4) is 0 Å². The van der Waals surface area contributed by atoms with E-state index in [0.717, 1.165) is 0 Å². The van der Waals surface area contributed by atoms with E-state index in [1.807, 2.05) is 5.48 Å². The van der Waals surface area contributed by atoms with Crippen molar-refractivity contribution in [3.05, 3.63) is 0 Å². The van der Waals surface area contributed by atoms with Crippen molar-refractivity contribution in [2.75, 3.05) is 49.5 Å². The Morgan fingerprint density at radius 1 is 1.12 bits per heavy atom. The van der Waals surface area contributed by atoms with E-state index in [2.05, 4.69) is 25.6 Å². The van der Waals surface area contributed by atoms with Gasteiger partial charge in [0.25, 0.3) is 5.95 Å². The molecule has 1 aromatic rings. The molecule has 0 radical (unpaired) electrons. The first-order valence-corrected chi connectivity index (χ1v) is 5.13. The summed E-state index contributed by atoms with van der Waals surface area (Å²) < 4.78 is 4.88. The highest BCUT2D eigenvalue weighted by atomic mass is 16.5. The first-order chi connectivity index (χ1) is 8.30. The van der Waals surface area contributed by atoms with E-state index in [1.165, 1.54) is 0 Å². The molecule has 0 fully saturated rings. The van der Waals surface area contributed by atoms with Crippen LogP contribution < -0.4 is 21.8 Å². The summed E-state index contributed by atoms with van der Waals surface area (Å²) >= 11 is 0. The van der Waals surface area contributed by atoms with Crippen LogP contribution in [0, 0.1) is 0 Å². The number of hydrogen-bond donors (Lipinski definition) is 5. The van der Waals surface area contributed by atoms with Gasteiger partial charge in [-0.25, -0.2) is 5.48 Å². The molecule has 0 aliphatic carbocycles. The molecule has 9 nitrogen and oxygen atoms in total. The van der Waals surface area contributed by atoms with E-state index in [1.54, 1.807) is 7.11 Å². The summed E-state index contributed by atoms with van der Waals surface area (Å²) in [6.07, 6.45) is 0. The van der Waals surface area contributed by atoms with Gasteiger partial charge in [-0.05, 0) is 0 Å². The minimum atomic E-state index is 0.0550. The number of anilines is 3. The maximum atomic E-state index is 8.78. The number of nitrogens with one attached hydrogen (secondary N) is 3. The van der Waals surface area contributed by atoms with Crippen LogP contribution in [-0.2, 0) is 4.74 Å². The van der Waals surface area contributed by atoms with Gasteiger partial charge in [-0.1, -0.05) is 0 Å². The summed E-state index contributed by atoms with van der Waals surface area (Å²) in [6, 6.07) is 0. The van der Waals surface area contributed by atoms with Crippen LogP contribution in [0.25, 0.3) is 0 Å². The van der Waals surface area contributed by atoms with Gasteiger partial charge in [0.05, 0.1) is 6.61 Å². The van der Waals surface area contributed by atoms with Crippen molar-refractivity contribution >= 4 is 17.8 Å². The number of hydrogen-bond acceptors (Lipinski definition) is 9. The third-order valence-corrected chi connectivity index (χ3v) is 1.75. The fraction of sp³-hybridized carbons (Fsp3) is 0.625. The van der Waals surface area contributed by atoms with Gasteiger partial charge in [-0.3, -0.25) is 5.21 Å². The van der Waals surface area contributed by atoms with Crippen LogP contribution in [-0.4, -0.2) is 53.5 Å². The Labute approximate surface area is 98.8 Å². The SMILES string of the molecule is COCCNc1nc(NO)nc(NCCN)n1. The van der Waals surface area contributed by atoms with Crippen molar-refractivity contribution in [3.8, 4) is 0 Å². The van der Waals surface area contributed by atoms with Gasteiger partial charge in [0, 0.05) is 26.7 Å².